The highest BCUT2D eigenvalue weighted by atomic mass is 32.2. The number of amides is 1. The van der Waals surface area contributed by atoms with Gasteiger partial charge in [0.25, 0.3) is 0 Å². The van der Waals surface area contributed by atoms with Gasteiger partial charge < -0.3 is 10.1 Å². The van der Waals surface area contributed by atoms with Gasteiger partial charge in [0.15, 0.2) is 9.84 Å². The van der Waals surface area contributed by atoms with E-state index >= 15 is 0 Å². The molecule has 1 aliphatic rings. The van der Waals surface area contributed by atoms with Crippen molar-refractivity contribution in [1.82, 2.24) is 5.32 Å². The molecule has 1 saturated heterocycles. The average molecular weight is 311 g/mol. The summed E-state index contributed by atoms with van der Waals surface area (Å²) in [4.78, 5) is 12.0. The molecule has 0 bridgehead atoms. The number of hydrogen-bond donors (Lipinski definition) is 1. The first-order chi connectivity index (χ1) is 9.71. The lowest BCUT2D eigenvalue weighted by Gasteiger charge is -2.23. The number of hydrogen-bond acceptors (Lipinski definition) is 4. The summed E-state index contributed by atoms with van der Waals surface area (Å²) in [5.41, 5.74) is 0.194. The number of carbonyl (C=O) groups excluding carboxylic acids is 1. The van der Waals surface area contributed by atoms with Crippen LogP contribution in [0.1, 0.15) is 38.7 Å². The van der Waals surface area contributed by atoms with Crippen LogP contribution in [0, 0.1) is 0 Å². The van der Waals surface area contributed by atoms with Crippen LogP contribution in [0.5, 0.6) is 5.75 Å². The van der Waals surface area contributed by atoms with Crippen LogP contribution in [0.15, 0.2) is 24.3 Å². The lowest BCUT2D eigenvalue weighted by atomic mass is 10.0. The maximum absolute atomic E-state index is 12.0. The molecule has 0 radical (unpaired) electrons. The minimum absolute atomic E-state index is 0.0407. The summed E-state index contributed by atoms with van der Waals surface area (Å²) < 4.78 is 28.4. The maximum atomic E-state index is 12.0. The number of ether oxygens (including phenoxy) is 1. The Morgan fingerprint density at radius 3 is 2.57 bits per heavy atom. The molecule has 2 rings (SSSR count). The Balaban J connectivity index is 2.06. The monoisotopic (exact) mass is 311 g/mol. The molecule has 1 aliphatic heterocycles. The number of carbonyl (C=O) groups is 1. The Morgan fingerprint density at radius 1 is 1.33 bits per heavy atom. The van der Waals surface area contributed by atoms with Crippen LogP contribution >= 0.6 is 0 Å². The standard InChI is InChI=1S/C15H21NO4S/c1-11(2)12-6-4-5-7-13(12)20-14(17)16-15(3)8-9-21(18,19)10-15/h4-7,11H,8-10H2,1-3H3,(H,16,17). The number of benzene rings is 1. The first-order valence-corrected chi connectivity index (χ1v) is 8.82. The first kappa shape index (κ1) is 15.8. The van der Waals surface area contributed by atoms with Crippen molar-refractivity contribution in [1.29, 1.82) is 0 Å². The van der Waals surface area contributed by atoms with E-state index in [1.807, 2.05) is 26.0 Å². The summed E-state index contributed by atoms with van der Waals surface area (Å²) in [6.07, 6.45) is -0.196. The van der Waals surface area contributed by atoms with Gasteiger partial charge in [-0.2, -0.15) is 0 Å². The van der Waals surface area contributed by atoms with E-state index < -0.39 is 21.5 Å². The molecule has 116 valence electrons. The molecule has 0 aromatic heterocycles. The predicted molar refractivity (Wildman–Crippen MR) is 81.4 cm³/mol. The van der Waals surface area contributed by atoms with E-state index in [9.17, 15) is 13.2 Å². The van der Waals surface area contributed by atoms with E-state index in [-0.39, 0.29) is 17.4 Å². The fourth-order valence-electron chi connectivity index (χ4n) is 2.53. The molecule has 1 fully saturated rings. The molecule has 1 aromatic rings. The molecule has 0 saturated carbocycles. The fourth-order valence-corrected chi connectivity index (χ4v) is 4.62. The molecular formula is C15H21NO4S. The highest BCUT2D eigenvalue weighted by Gasteiger charge is 2.40. The van der Waals surface area contributed by atoms with Crippen LogP contribution in [0.25, 0.3) is 0 Å². The number of nitrogens with one attached hydrogen (secondary N) is 1. The number of sulfone groups is 1. The van der Waals surface area contributed by atoms with E-state index in [0.29, 0.717) is 12.2 Å². The van der Waals surface area contributed by atoms with E-state index in [1.165, 1.54) is 0 Å². The summed E-state index contributed by atoms with van der Waals surface area (Å²) in [6.45, 7) is 5.77. The Hall–Kier alpha value is -1.56. The van der Waals surface area contributed by atoms with Gasteiger partial charge in [0.05, 0.1) is 17.0 Å². The Bertz CT molecular complexity index is 639. The van der Waals surface area contributed by atoms with Crippen molar-refractivity contribution < 1.29 is 17.9 Å². The Labute approximate surface area is 125 Å². The molecule has 0 aliphatic carbocycles. The largest absolute Gasteiger partial charge is 0.413 e. The van der Waals surface area contributed by atoms with Crippen LogP contribution in [-0.2, 0) is 9.84 Å². The van der Waals surface area contributed by atoms with Crippen molar-refractivity contribution in [2.45, 2.75) is 38.6 Å². The van der Waals surface area contributed by atoms with Gasteiger partial charge in [-0.3, -0.25) is 0 Å². The SMILES string of the molecule is CC(C)c1ccccc1OC(=O)NC1(C)CCS(=O)(=O)C1. The molecule has 1 amide bonds. The number of para-hydroxylation sites is 1. The predicted octanol–water partition coefficient (Wildman–Crippen LogP) is 2.48. The smallest absolute Gasteiger partial charge is 0.410 e. The highest BCUT2D eigenvalue weighted by Crippen LogP contribution is 2.27. The van der Waals surface area contributed by atoms with Gasteiger partial charge in [0.2, 0.25) is 0 Å². The molecule has 1 unspecified atom stereocenters. The molecule has 21 heavy (non-hydrogen) atoms. The van der Waals surface area contributed by atoms with Crippen molar-refractivity contribution in [3.8, 4) is 5.75 Å². The molecule has 6 heteroatoms. The second-order valence-corrected chi connectivity index (χ2v) is 8.29. The van der Waals surface area contributed by atoms with Crippen LogP contribution in [0.4, 0.5) is 4.79 Å². The normalized spacial score (nSPS) is 24.0. The Morgan fingerprint density at radius 2 is 2.00 bits per heavy atom. The third-order valence-electron chi connectivity index (χ3n) is 3.65. The summed E-state index contributed by atoms with van der Waals surface area (Å²) in [7, 11) is -3.06. The van der Waals surface area contributed by atoms with Crippen LogP contribution in [0.3, 0.4) is 0 Å². The van der Waals surface area contributed by atoms with Crippen molar-refractivity contribution in [3.05, 3.63) is 29.8 Å². The lowest BCUT2D eigenvalue weighted by molar-refractivity contribution is 0.188. The third-order valence-corrected chi connectivity index (χ3v) is 5.55. The quantitative estimate of drug-likeness (QED) is 0.931. The van der Waals surface area contributed by atoms with Gasteiger partial charge in [-0.25, -0.2) is 13.2 Å². The van der Waals surface area contributed by atoms with Gasteiger partial charge in [0, 0.05) is 0 Å². The van der Waals surface area contributed by atoms with E-state index in [1.54, 1.807) is 19.1 Å². The minimum Gasteiger partial charge on any atom is -0.410 e. The summed E-state index contributed by atoms with van der Waals surface area (Å²) >= 11 is 0. The molecule has 1 atom stereocenters. The zero-order chi connectivity index (χ0) is 15.7. The van der Waals surface area contributed by atoms with Crippen molar-refractivity contribution in [2.24, 2.45) is 0 Å². The summed E-state index contributed by atoms with van der Waals surface area (Å²) in [5.74, 6) is 0.804. The fraction of sp³-hybridized carbons (Fsp3) is 0.533. The average Bonchev–Trinajstić information content (AvgIpc) is 2.63. The van der Waals surface area contributed by atoms with Crippen LogP contribution < -0.4 is 10.1 Å². The van der Waals surface area contributed by atoms with Crippen molar-refractivity contribution in [2.75, 3.05) is 11.5 Å². The maximum Gasteiger partial charge on any atom is 0.413 e. The van der Waals surface area contributed by atoms with E-state index in [0.717, 1.165) is 5.56 Å². The van der Waals surface area contributed by atoms with Gasteiger partial charge in [0.1, 0.15) is 5.75 Å². The van der Waals surface area contributed by atoms with E-state index in [2.05, 4.69) is 5.32 Å². The zero-order valence-corrected chi connectivity index (χ0v) is 13.4. The van der Waals surface area contributed by atoms with Crippen LogP contribution in [0.2, 0.25) is 0 Å². The zero-order valence-electron chi connectivity index (χ0n) is 12.5. The van der Waals surface area contributed by atoms with Gasteiger partial charge >= 0.3 is 6.09 Å². The lowest BCUT2D eigenvalue weighted by Crippen LogP contribution is -2.48. The molecule has 1 N–H and O–H groups in total. The molecule has 1 aromatic carbocycles. The van der Waals surface area contributed by atoms with Crippen molar-refractivity contribution in [3.63, 3.8) is 0 Å². The summed E-state index contributed by atoms with van der Waals surface area (Å²) in [6, 6.07) is 7.35. The highest BCUT2D eigenvalue weighted by molar-refractivity contribution is 7.91. The molecule has 5 nitrogen and oxygen atoms in total. The number of rotatable bonds is 3. The first-order valence-electron chi connectivity index (χ1n) is 7.00. The van der Waals surface area contributed by atoms with E-state index in [4.69, 9.17) is 4.74 Å². The van der Waals surface area contributed by atoms with Crippen molar-refractivity contribution >= 4 is 15.9 Å². The minimum atomic E-state index is -3.06. The second kappa shape index (κ2) is 5.67. The second-order valence-electron chi connectivity index (χ2n) is 6.11. The van der Waals surface area contributed by atoms with Gasteiger partial charge in [-0.05, 0) is 30.9 Å². The molecular weight excluding hydrogens is 290 g/mol. The van der Waals surface area contributed by atoms with Gasteiger partial charge in [-0.15, -0.1) is 0 Å². The van der Waals surface area contributed by atoms with Crippen LogP contribution in [-0.4, -0.2) is 31.6 Å². The third kappa shape index (κ3) is 3.97. The molecule has 0 spiro atoms. The Kier molecular flexibility index (Phi) is 4.27. The summed E-state index contributed by atoms with van der Waals surface area (Å²) in [5, 5.41) is 2.69. The molecule has 1 heterocycles. The topological polar surface area (TPSA) is 72.5 Å². The van der Waals surface area contributed by atoms with Gasteiger partial charge in [-0.1, -0.05) is 32.0 Å².